The zero-order valence-corrected chi connectivity index (χ0v) is 12.3. The Morgan fingerprint density at radius 1 is 1.29 bits per heavy atom. The standard InChI is InChI=1S/C15H20N4O2/c1-9-5-10(2)13(16)6-12(9)14(20)18-3-4-19-11(8-18)7-17-15(19)21/h5-6,11H,3-4,7-8,16H2,1-2H3,(H,17,21). The van der Waals surface area contributed by atoms with Gasteiger partial charge in [0.2, 0.25) is 0 Å². The van der Waals surface area contributed by atoms with Crippen LogP contribution in [0.25, 0.3) is 0 Å². The second-order valence-electron chi connectivity index (χ2n) is 5.81. The average Bonchev–Trinajstić information content (AvgIpc) is 2.83. The number of amides is 3. The monoisotopic (exact) mass is 288 g/mol. The number of hydrogen-bond donors (Lipinski definition) is 2. The number of nitrogen functional groups attached to an aromatic ring is 1. The number of piperazine rings is 1. The molecule has 3 amide bonds. The number of urea groups is 1. The molecule has 0 aromatic heterocycles. The minimum atomic E-state index is -0.0251. The van der Waals surface area contributed by atoms with Gasteiger partial charge in [-0.15, -0.1) is 0 Å². The fraction of sp³-hybridized carbons (Fsp3) is 0.467. The lowest BCUT2D eigenvalue weighted by Gasteiger charge is -2.36. The second-order valence-corrected chi connectivity index (χ2v) is 5.81. The largest absolute Gasteiger partial charge is 0.398 e. The lowest BCUT2D eigenvalue weighted by atomic mass is 10.0. The van der Waals surface area contributed by atoms with Gasteiger partial charge < -0.3 is 20.9 Å². The van der Waals surface area contributed by atoms with Crippen LogP contribution in [-0.4, -0.2) is 54.0 Å². The molecule has 112 valence electrons. The van der Waals surface area contributed by atoms with E-state index in [2.05, 4.69) is 5.32 Å². The molecule has 1 atom stereocenters. The Balaban J connectivity index is 1.80. The Bertz CT molecular complexity index is 614. The summed E-state index contributed by atoms with van der Waals surface area (Å²) in [5.74, 6) is -0.00167. The summed E-state index contributed by atoms with van der Waals surface area (Å²) in [6, 6.07) is 3.76. The van der Waals surface area contributed by atoms with Crippen molar-refractivity contribution in [1.29, 1.82) is 0 Å². The van der Waals surface area contributed by atoms with Crippen LogP contribution in [0.5, 0.6) is 0 Å². The Kier molecular flexibility index (Phi) is 3.23. The molecule has 3 rings (SSSR count). The molecular formula is C15H20N4O2. The maximum atomic E-state index is 12.7. The predicted octanol–water partition coefficient (Wildman–Crippen LogP) is 0.735. The highest BCUT2D eigenvalue weighted by molar-refractivity contribution is 5.97. The topological polar surface area (TPSA) is 78.7 Å². The first-order valence-electron chi connectivity index (χ1n) is 7.18. The van der Waals surface area contributed by atoms with Gasteiger partial charge in [-0.1, -0.05) is 6.07 Å². The molecule has 21 heavy (non-hydrogen) atoms. The van der Waals surface area contributed by atoms with E-state index < -0.39 is 0 Å². The van der Waals surface area contributed by atoms with Crippen molar-refractivity contribution in [1.82, 2.24) is 15.1 Å². The maximum Gasteiger partial charge on any atom is 0.317 e. The van der Waals surface area contributed by atoms with Crippen LogP contribution < -0.4 is 11.1 Å². The van der Waals surface area contributed by atoms with E-state index in [9.17, 15) is 9.59 Å². The van der Waals surface area contributed by atoms with E-state index in [4.69, 9.17) is 5.73 Å². The lowest BCUT2D eigenvalue weighted by Crippen LogP contribution is -2.53. The van der Waals surface area contributed by atoms with E-state index in [0.29, 0.717) is 37.4 Å². The summed E-state index contributed by atoms with van der Waals surface area (Å²) in [4.78, 5) is 27.9. The summed E-state index contributed by atoms with van der Waals surface area (Å²) in [5.41, 5.74) is 9.15. The Morgan fingerprint density at radius 2 is 2.05 bits per heavy atom. The van der Waals surface area contributed by atoms with Gasteiger partial charge in [-0.25, -0.2) is 4.79 Å². The molecule has 6 nitrogen and oxygen atoms in total. The summed E-state index contributed by atoms with van der Waals surface area (Å²) in [6.45, 7) is 6.20. The highest BCUT2D eigenvalue weighted by Crippen LogP contribution is 2.22. The number of nitrogens with zero attached hydrogens (tertiary/aromatic N) is 2. The lowest BCUT2D eigenvalue weighted by molar-refractivity contribution is 0.0616. The van der Waals surface area contributed by atoms with Gasteiger partial charge in [0.25, 0.3) is 5.91 Å². The molecule has 2 saturated heterocycles. The second kappa shape index (κ2) is 4.95. The molecule has 0 spiro atoms. The average molecular weight is 288 g/mol. The number of hydrogen-bond acceptors (Lipinski definition) is 3. The van der Waals surface area contributed by atoms with Crippen LogP contribution in [0, 0.1) is 13.8 Å². The van der Waals surface area contributed by atoms with Crippen LogP contribution in [0.3, 0.4) is 0 Å². The number of anilines is 1. The zero-order valence-electron chi connectivity index (χ0n) is 12.3. The van der Waals surface area contributed by atoms with Crippen molar-refractivity contribution in [2.45, 2.75) is 19.9 Å². The molecule has 0 bridgehead atoms. The molecule has 1 aromatic rings. The first-order chi connectivity index (χ1) is 9.97. The van der Waals surface area contributed by atoms with Gasteiger partial charge in [0.05, 0.1) is 6.04 Å². The van der Waals surface area contributed by atoms with Gasteiger partial charge in [-0.05, 0) is 31.0 Å². The third kappa shape index (κ3) is 2.30. The van der Waals surface area contributed by atoms with Crippen molar-refractivity contribution in [3.8, 4) is 0 Å². The van der Waals surface area contributed by atoms with Gasteiger partial charge in [0.15, 0.2) is 0 Å². The molecule has 1 unspecified atom stereocenters. The quantitative estimate of drug-likeness (QED) is 0.748. The van der Waals surface area contributed by atoms with Crippen molar-refractivity contribution >= 4 is 17.6 Å². The van der Waals surface area contributed by atoms with E-state index in [-0.39, 0.29) is 18.0 Å². The first kappa shape index (κ1) is 13.7. The Hall–Kier alpha value is -2.24. The number of nitrogens with two attached hydrogens (primary N) is 1. The third-order valence-electron chi connectivity index (χ3n) is 4.36. The SMILES string of the molecule is Cc1cc(C)c(C(=O)N2CCN3C(=O)NCC3C2)cc1N. The molecule has 2 heterocycles. The van der Waals surface area contributed by atoms with E-state index in [1.54, 1.807) is 11.0 Å². The zero-order chi connectivity index (χ0) is 15.1. The number of carbonyl (C=O) groups is 2. The molecule has 0 radical (unpaired) electrons. The molecular weight excluding hydrogens is 268 g/mol. The van der Waals surface area contributed by atoms with Crippen LogP contribution in [-0.2, 0) is 0 Å². The summed E-state index contributed by atoms with van der Waals surface area (Å²) >= 11 is 0. The summed E-state index contributed by atoms with van der Waals surface area (Å²) in [5, 5.41) is 2.82. The van der Waals surface area contributed by atoms with Crippen LogP contribution in [0.2, 0.25) is 0 Å². The van der Waals surface area contributed by atoms with Crippen LogP contribution in [0.1, 0.15) is 21.5 Å². The van der Waals surface area contributed by atoms with Crippen molar-refractivity contribution in [2.75, 3.05) is 31.9 Å². The Labute approximate surface area is 123 Å². The number of carbonyl (C=O) groups excluding carboxylic acids is 2. The minimum absolute atomic E-state index is 0.00167. The van der Waals surface area contributed by atoms with Gasteiger partial charge in [-0.3, -0.25) is 4.79 Å². The van der Waals surface area contributed by atoms with Crippen LogP contribution in [0.4, 0.5) is 10.5 Å². The highest BCUT2D eigenvalue weighted by atomic mass is 16.2. The summed E-state index contributed by atoms with van der Waals surface area (Å²) < 4.78 is 0. The van der Waals surface area contributed by atoms with Crippen molar-refractivity contribution in [3.05, 3.63) is 28.8 Å². The number of aryl methyl sites for hydroxylation is 2. The van der Waals surface area contributed by atoms with Crippen molar-refractivity contribution < 1.29 is 9.59 Å². The number of nitrogens with one attached hydrogen (secondary N) is 1. The molecule has 0 saturated carbocycles. The van der Waals surface area contributed by atoms with Crippen LogP contribution >= 0.6 is 0 Å². The summed E-state index contributed by atoms with van der Waals surface area (Å²) in [7, 11) is 0. The van der Waals surface area contributed by atoms with Gasteiger partial charge in [0, 0.05) is 37.4 Å². The fourth-order valence-corrected chi connectivity index (χ4v) is 3.06. The molecule has 0 aliphatic carbocycles. The molecule has 1 aromatic carbocycles. The molecule has 2 fully saturated rings. The number of benzene rings is 1. The van der Waals surface area contributed by atoms with Gasteiger partial charge >= 0.3 is 6.03 Å². The van der Waals surface area contributed by atoms with Crippen molar-refractivity contribution in [2.24, 2.45) is 0 Å². The van der Waals surface area contributed by atoms with Gasteiger partial charge in [-0.2, -0.15) is 0 Å². The van der Waals surface area contributed by atoms with E-state index in [0.717, 1.165) is 11.1 Å². The minimum Gasteiger partial charge on any atom is -0.398 e. The summed E-state index contributed by atoms with van der Waals surface area (Å²) in [6.07, 6.45) is 0. The highest BCUT2D eigenvalue weighted by Gasteiger charge is 2.37. The molecule has 3 N–H and O–H groups in total. The molecule has 6 heteroatoms. The van der Waals surface area contributed by atoms with E-state index in [1.807, 2.05) is 24.8 Å². The first-order valence-corrected chi connectivity index (χ1v) is 7.18. The third-order valence-corrected chi connectivity index (χ3v) is 4.36. The molecule has 2 aliphatic rings. The van der Waals surface area contributed by atoms with Crippen LogP contribution in [0.15, 0.2) is 12.1 Å². The maximum absolute atomic E-state index is 12.7. The fourth-order valence-electron chi connectivity index (χ4n) is 3.06. The smallest absolute Gasteiger partial charge is 0.317 e. The normalized spacial score (nSPS) is 21.2. The number of rotatable bonds is 1. The van der Waals surface area contributed by atoms with Crippen molar-refractivity contribution in [3.63, 3.8) is 0 Å². The molecule has 2 aliphatic heterocycles. The van der Waals surface area contributed by atoms with E-state index in [1.165, 1.54) is 0 Å². The predicted molar refractivity (Wildman–Crippen MR) is 80.1 cm³/mol. The number of fused-ring (bicyclic) bond motifs is 1. The van der Waals surface area contributed by atoms with E-state index >= 15 is 0 Å². The van der Waals surface area contributed by atoms with Gasteiger partial charge in [0.1, 0.15) is 0 Å². The Morgan fingerprint density at radius 3 is 2.81 bits per heavy atom.